The maximum atomic E-state index is 5.69. The van der Waals surface area contributed by atoms with Gasteiger partial charge in [0.25, 0.3) is 0 Å². The van der Waals surface area contributed by atoms with Gasteiger partial charge in [-0.3, -0.25) is 0 Å². The summed E-state index contributed by atoms with van der Waals surface area (Å²) in [6.07, 6.45) is 4.87. The molecule has 1 aromatic rings. The monoisotopic (exact) mass is 241 g/mol. The van der Waals surface area contributed by atoms with Gasteiger partial charge in [-0.25, -0.2) is 0 Å². The van der Waals surface area contributed by atoms with Crippen molar-refractivity contribution < 1.29 is 4.74 Å². The number of hydrogen-bond donors (Lipinski definition) is 1. The molecule has 0 aliphatic carbocycles. The topological polar surface area (TPSA) is 47.0 Å². The minimum atomic E-state index is 0.200. The fraction of sp³-hybridized carbons (Fsp3) is 0.818. The Hall–Kier alpha value is -0.520. The van der Waals surface area contributed by atoms with Gasteiger partial charge in [0.15, 0.2) is 0 Å². The third-order valence-electron chi connectivity index (χ3n) is 2.64. The lowest BCUT2D eigenvalue weighted by molar-refractivity contribution is 0.0144. The van der Waals surface area contributed by atoms with E-state index in [2.05, 4.69) is 22.4 Å². The number of nitrogens with one attached hydrogen (secondary N) is 1. The summed E-state index contributed by atoms with van der Waals surface area (Å²) >= 11 is 1.68. The van der Waals surface area contributed by atoms with E-state index in [4.69, 9.17) is 4.74 Å². The van der Waals surface area contributed by atoms with Crippen molar-refractivity contribution in [2.75, 3.05) is 13.2 Å². The number of ether oxygens (including phenoxy) is 1. The van der Waals surface area contributed by atoms with E-state index in [-0.39, 0.29) is 6.10 Å². The maximum absolute atomic E-state index is 5.69. The largest absolute Gasteiger partial charge is 0.371 e. The first-order chi connectivity index (χ1) is 7.90. The quantitative estimate of drug-likeness (QED) is 0.803. The zero-order valence-corrected chi connectivity index (χ0v) is 10.6. The minimum Gasteiger partial charge on any atom is -0.371 e. The van der Waals surface area contributed by atoms with Crippen LogP contribution in [0, 0.1) is 0 Å². The van der Waals surface area contributed by atoms with Crippen molar-refractivity contribution >= 4 is 11.3 Å². The zero-order valence-electron chi connectivity index (χ0n) is 9.74. The van der Waals surface area contributed by atoms with Gasteiger partial charge >= 0.3 is 0 Å². The van der Waals surface area contributed by atoms with Gasteiger partial charge in [-0.15, -0.1) is 10.2 Å². The molecule has 0 aromatic carbocycles. The lowest BCUT2D eigenvalue weighted by atomic mass is 10.1. The van der Waals surface area contributed by atoms with Crippen molar-refractivity contribution in [3.05, 3.63) is 10.0 Å². The summed E-state index contributed by atoms with van der Waals surface area (Å²) in [5.41, 5.74) is 0. The van der Waals surface area contributed by atoms with E-state index >= 15 is 0 Å². The van der Waals surface area contributed by atoms with Crippen LogP contribution in [0.5, 0.6) is 0 Å². The summed E-state index contributed by atoms with van der Waals surface area (Å²) < 4.78 is 5.69. The van der Waals surface area contributed by atoms with Gasteiger partial charge in [-0.1, -0.05) is 18.3 Å². The Labute approximate surface area is 100 Å². The normalized spacial score (nSPS) is 21.2. The number of nitrogens with zero attached hydrogens (tertiary/aromatic N) is 2. The maximum Gasteiger partial charge on any atom is 0.146 e. The molecule has 90 valence electrons. The van der Waals surface area contributed by atoms with Gasteiger partial charge in [0.05, 0.1) is 0 Å². The van der Waals surface area contributed by atoms with Crippen molar-refractivity contribution in [3.8, 4) is 0 Å². The Morgan fingerprint density at radius 2 is 2.38 bits per heavy atom. The average Bonchev–Trinajstić information content (AvgIpc) is 2.79. The standard InChI is InChI=1S/C11H19N3OS/c1-2-6-12-8-10-13-14-11(16-10)9-5-3-4-7-15-9/h9,12H,2-8H2,1H3. The molecule has 1 aliphatic rings. The number of aromatic nitrogens is 2. The summed E-state index contributed by atoms with van der Waals surface area (Å²) in [5.74, 6) is 0. The van der Waals surface area contributed by atoms with Crippen molar-refractivity contribution in [2.45, 2.75) is 45.3 Å². The number of hydrogen-bond acceptors (Lipinski definition) is 5. The first-order valence-electron chi connectivity index (χ1n) is 6.04. The van der Waals surface area contributed by atoms with E-state index in [0.717, 1.165) is 42.6 Å². The molecule has 1 aromatic heterocycles. The van der Waals surface area contributed by atoms with Gasteiger partial charge in [0, 0.05) is 13.2 Å². The van der Waals surface area contributed by atoms with Crippen molar-refractivity contribution in [1.82, 2.24) is 15.5 Å². The van der Waals surface area contributed by atoms with Crippen LogP contribution in [0.15, 0.2) is 0 Å². The van der Waals surface area contributed by atoms with E-state index in [0.29, 0.717) is 0 Å². The highest BCUT2D eigenvalue weighted by Crippen LogP contribution is 2.29. The Kier molecular flexibility index (Phi) is 4.69. The van der Waals surface area contributed by atoms with E-state index in [1.54, 1.807) is 11.3 Å². The van der Waals surface area contributed by atoms with Crippen LogP contribution in [0.3, 0.4) is 0 Å². The average molecular weight is 241 g/mol. The number of rotatable bonds is 5. The molecular weight excluding hydrogens is 222 g/mol. The Balaban J connectivity index is 1.85. The summed E-state index contributed by atoms with van der Waals surface area (Å²) in [6, 6.07) is 0. The van der Waals surface area contributed by atoms with E-state index < -0.39 is 0 Å². The molecule has 0 radical (unpaired) electrons. The van der Waals surface area contributed by atoms with Gasteiger partial charge in [-0.2, -0.15) is 0 Å². The Morgan fingerprint density at radius 3 is 3.12 bits per heavy atom. The van der Waals surface area contributed by atoms with E-state index in [1.165, 1.54) is 12.8 Å². The molecule has 1 atom stereocenters. The molecule has 5 heteroatoms. The predicted molar refractivity (Wildman–Crippen MR) is 64.5 cm³/mol. The second-order valence-electron chi connectivity index (χ2n) is 4.07. The van der Waals surface area contributed by atoms with Gasteiger partial charge in [-0.05, 0) is 32.2 Å². The van der Waals surface area contributed by atoms with Gasteiger partial charge in [0.2, 0.25) is 0 Å². The Morgan fingerprint density at radius 1 is 1.44 bits per heavy atom. The lowest BCUT2D eigenvalue weighted by Crippen LogP contribution is -2.13. The summed E-state index contributed by atoms with van der Waals surface area (Å²) in [7, 11) is 0. The van der Waals surface area contributed by atoms with Gasteiger partial charge < -0.3 is 10.1 Å². The fourth-order valence-electron chi connectivity index (χ4n) is 1.78. The highest BCUT2D eigenvalue weighted by molar-refractivity contribution is 7.11. The molecule has 0 amide bonds. The second kappa shape index (κ2) is 6.27. The summed E-state index contributed by atoms with van der Waals surface area (Å²) in [5, 5.41) is 13.9. The summed E-state index contributed by atoms with van der Waals surface area (Å²) in [6.45, 7) is 4.90. The van der Waals surface area contributed by atoms with E-state index in [9.17, 15) is 0 Å². The third-order valence-corrected chi connectivity index (χ3v) is 3.66. The van der Waals surface area contributed by atoms with Crippen LogP contribution in [-0.2, 0) is 11.3 Å². The first-order valence-corrected chi connectivity index (χ1v) is 6.86. The van der Waals surface area contributed by atoms with Crippen molar-refractivity contribution in [3.63, 3.8) is 0 Å². The molecule has 0 spiro atoms. The van der Waals surface area contributed by atoms with E-state index in [1.807, 2.05) is 0 Å². The molecular formula is C11H19N3OS. The van der Waals surface area contributed by atoms with Crippen LogP contribution in [0.25, 0.3) is 0 Å². The highest BCUT2D eigenvalue weighted by Gasteiger charge is 2.20. The molecule has 1 aliphatic heterocycles. The molecule has 2 rings (SSSR count). The molecule has 1 saturated heterocycles. The molecule has 4 nitrogen and oxygen atoms in total. The van der Waals surface area contributed by atoms with Crippen LogP contribution in [0.4, 0.5) is 0 Å². The molecule has 0 bridgehead atoms. The van der Waals surface area contributed by atoms with Gasteiger partial charge in [0.1, 0.15) is 16.1 Å². The Bertz CT molecular complexity index is 310. The summed E-state index contributed by atoms with van der Waals surface area (Å²) in [4.78, 5) is 0. The predicted octanol–water partition coefficient (Wildman–Crippen LogP) is 2.28. The molecule has 1 N–H and O–H groups in total. The molecule has 1 unspecified atom stereocenters. The first kappa shape index (κ1) is 12.0. The fourth-order valence-corrected chi connectivity index (χ4v) is 2.67. The smallest absolute Gasteiger partial charge is 0.146 e. The minimum absolute atomic E-state index is 0.200. The van der Waals surface area contributed by atoms with Crippen LogP contribution in [-0.4, -0.2) is 23.3 Å². The van der Waals surface area contributed by atoms with Crippen molar-refractivity contribution in [2.24, 2.45) is 0 Å². The lowest BCUT2D eigenvalue weighted by Gasteiger charge is -2.19. The third kappa shape index (κ3) is 3.23. The van der Waals surface area contributed by atoms with Crippen LogP contribution in [0.2, 0.25) is 0 Å². The highest BCUT2D eigenvalue weighted by atomic mass is 32.1. The molecule has 0 saturated carbocycles. The molecule has 16 heavy (non-hydrogen) atoms. The van der Waals surface area contributed by atoms with Crippen LogP contribution < -0.4 is 5.32 Å². The van der Waals surface area contributed by atoms with Crippen LogP contribution >= 0.6 is 11.3 Å². The van der Waals surface area contributed by atoms with Crippen molar-refractivity contribution in [1.29, 1.82) is 0 Å². The molecule has 2 heterocycles. The second-order valence-corrected chi connectivity index (χ2v) is 5.16. The zero-order chi connectivity index (χ0) is 11.2. The molecule has 1 fully saturated rings. The SMILES string of the molecule is CCCNCc1nnc(C2CCCCO2)s1. The van der Waals surface area contributed by atoms with Crippen LogP contribution in [0.1, 0.15) is 48.7 Å².